The van der Waals surface area contributed by atoms with Crippen molar-refractivity contribution in [2.45, 2.75) is 4.90 Å². The van der Waals surface area contributed by atoms with E-state index in [0.29, 0.717) is 21.5 Å². The average molecular weight is 222 g/mol. The maximum Gasteiger partial charge on any atom is 0.188 e. The van der Waals surface area contributed by atoms with E-state index in [1.54, 1.807) is 18.2 Å². The lowest BCUT2D eigenvalue weighted by molar-refractivity contribution is 0.565. The number of aromatic amines is 1. The zero-order valence-electron chi connectivity index (χ0n) is 7.41. The molecule has 1 atom stereocenters. The van der Waals surface area contributed by atoms with Crippen molar-refractivity contribution in [3.63, 3.8) is 0 Å². The van der Waals surface area contributed by atoms with Crippen LogP contribution in [-0.2, 0) is 11.1 Å². The zero-order chi connectivity index (χ0) is 10.8. The Kier molecular flexibility index (Phi) is 2.42. The maximum absolute atomic E-state index is 10.9. The molecule has 1 aromatic carbocycles. The summed E-state index contributed by atoms with van der Waals surface area (Å²) in [5.74, 6) is 0. The highest BCUT2D eigenvalue weighted by Gasteiger charge is 2.08. The van der Waals surface area contributed by atoms with Gasteiger partial charge in [0.15, 0.2) is 11.1 Å². The molecule has 7 heteroatoms. The molecule has 0 aliphatic heterocycles. The number of nitrogens with zero attached hydrogens (tertiary/aromatic N) is 3. The maximum atomic E-state index is 10.9. The van der Waals surface area contributed by atoms with Gasteiger partial charge < -0.3 is 9.54 Å². The summed E-state index contributed by atoms with van der Waals surface area (Å²) in [6.07, 6.45) is 1.46. The van der Waals surface area contributed by atoms with Crippen molar-refractivity contribution < 1.29 is 8.76 Å². The molecule has 0 fully saturated rings. The number of H-pyrrole nitrogens is 1. The Morgan fingerprint density at radius 2 is 2.33 bits per heavy atom. The van der Waals surface area contributed by atoms with Gasteiger partial charge in [-0.25, -0.2) is 4.21 Å². The van der Waals surface area contributed by atoms with Crippen LogP contribution in [0.1, 0.15) is 0 Å². The van der Waals surface area contributed by atoms with E-state index in [1.807, 2.05) is 0 Å². The van der Waals surface area contributed by atoms with Gasteiger partial charge in [-0.15, -0.1) is 0 Å². The predicted molar refractivity (Wildman–Crippen MR) is 56.1 cm³/mol. The molecule has 6 nitrogen and oxygen atoms in total. The van der Waals surface area contributed by atoms with E-state index in [1.165, 1.54) is 6.20 Å². The second kappa shape index (κ2) is 3.74. The van der Waals surface area contributed by atoms with Crippen LogP contribution in [0, 0.1) is 0 Å². The zero-order valence-corrected chi connectivity index (χ0v) is 8.23. The van der Waals surface area contributed by atoms with Gasteiger partial charge >= 0.3 is 0 Å². The molecule has 1 unspecified atom stereocenters. The third kappa shape index (κ3) is 1.71. The Balaban J connectivity index is 2.66. The van der Waals surface area contributed by atoms with Gasteiger partial charge in [0.2, 0.25) is 0 Å². The van der Waals surface area contributed by atoms with E-state index in [-0.39, 0.29) is 0 Å². The highest BCUT2D eigenvalue weighted by atomic mass is 32.2. The van der Waals surface area contributed by atoms with Crippen LogP contribution >= 0.6 is 0 Å². The van der Waals surface area contributed by atoms with Gasteiger partial charge in [-0.2, -0.15) is 0 Å². The number of benzene rings is 1. The summed E-state index contributed by atoms with van der Waals surface area (Å²) in [6, 6.07) is 4.84. The largest absolute Gasteiger partial charge is 0.360 e. The average Bonchev–Trinajstić information content (AvgIpc) is 2.61. The lowest BCUT2D eigenvalue weighted by atomic mass is 10.2. The van der Waals surface area contributed by atoms with Crippen LogP contribution in [0.15, 0.2) is 34.4 Å². The van der Waals surface area contributed by atoms with Crippen LogP contribution in [0.3, 0.4) is 0 Å². The highest BCUT2D eigenvalue weighted by Crippen LogP contribution is 2.25. The Hall–Kier alpha value is -1.82. The van der Waals surface area contributed by atoms with Gasteiger partial charge in [-0.1, -0.05) is 17.2 Å². The van der Waals surface area contributed by atoms with Gasteiger partial charge in [0.1, 0.15) is 0 Å². The first kappa shape index (κ1) is 9.72. The fraction of sp³-hybridized carbons (Fsp3) is 0. The van der Waals surface area contributed by atoms with Crippen LogP contribution in [0.2, 0.25) is 0 Å². The molecule has 0 amide bonds. The SMILES string of the molecule is [N-]=[N+]=Nc1ccc2c(S(=O)O)c[nH]c2c1. The normalized spacial score (nSPS) is 12.3. The molecule has 76 valence electrons. The summed E-state index contributed by atoms with van der Waals surface area (Å²) < 4.78 is 19.8. The van der Waals surface area contributed by atoms with Crippen LogP contribution in [-0.4, -0.2) is 13.7 Å². The smallest absolute Gasteiger partial charge is 0.188 e. The van der Waals surface area contributed by atoms with Crippen molar-refractivity contribution in [3.05, 3.63) is 34.8 Å². The molecule has 0 saturated carbocycles. The molecule has 1 aromatic heterocycles. The first-order valence-corrected chi connectivity index (χ1v) is 5.10. The molecule has 0 bridgehead atoms. The van der Waals surface area contributed by atoms with Crippen LogP contribution < -0.4 is 0 Å². The minimum absolute atomic E-state index is 0.317. The number of fused-ring (bicyclic) bond motifs is 1. The second-order valence-corrected chi connectivity index (χ2v) is 3.76. The molecule has 1 heterocycles. The summed E-state index contributed by atoms with van der Waals surface area (Å²) in [5.41, 5.74) is 9.37. The molecule has 0 aliphatic carbocycles. The molecule has 0 spiro atoms. The third-order valence-electron chi connectivity index (χ3n) is 1.98. The van der Waals surface area contributed by atoms with E-state index >= 15 is 0 Å². The minimum Gasteiger partial charge on any atom is -0.360 e. The number of azide groups is 1. The second-order valence-electron chi connectivity index (χ2n) is 2.82. The molecular formula is C8H6N4O2S. The molecule has 0 aliphatic rings. The number of nitrogens with one attached hydrogen (secondary N) is 1. The predicted octanol–water partition coefficient (Wildman–Crippen LogP) is 2.69. The van der Waals surface area contributed by atoms with Crippen molar-refractivity contribution >= 4 is 27.7 Å². The van der Waals surface area contributed by atoms with Crippen molar-refractivity contribution in [2.24, 2.45) is 5.11 Å². The van der Waals surface area contributed by atoms with Gasteiger partial charge in [0.05, 0.1) is 4.90 Å². The Bertz CT molecular complexity index is 585. The topological polar surface area (TPSA) is 102 Å². The summed E-state index contributed by atoms with van der Waals surface area (Å²) in [5, 5.41) is 4.08. The quantitative estimate of drug-likeness (QED) is 0.353. The molecule has 0 saturated heterocycles. The molecule has 15 heavy (non-hydrogen) atoms. The Morgan fingerprint density at radius 3 is 3.00 bits per heavy atom. The van der Waals surface area contributed by atoms with E-state index in [4.69, 9.17) is 10.1 Å². The lowest BCUT2D eigenvalue weighted by Crippen LogP contribution is -1.84. The molecule has 2 rings (SSSR count). The first-order chi connectivity index (χ1) is 7.22. The minimum atomic E-state index is -2.02. The van der Waals surface area contributed by atoms with Gasteiger partial charge in [0, 0.05) is 27.7 Å². The Morgan fingerprint density at radius 1 is 1.53 bits per heavy atom. The van der Waals surface area contributed by atoms with E-state index in [0.717, 1.165) is 0 Å². The number of aromatic nitrogens is 1. The molecule has 0 radical (unpaired) electrons. The van der Waals surface area contributed by atoms with E-state index in [2.05, 4.69) is 15.0 Å². The summed E-state index contributed by atoms with van der Waals surface area (Å²) in [7, 11) is 0. The third-order valence-corrected chi connectivity index (χ3v) is 2.69. The number of hydrogen-bond donors (Lipinski definition) is 2. The Labute approximate surface area is 86.8 Å². The van der Waals surface area contributed by atoms with Crippen molar-refractivity contribution in [1.29, 1.82) is 0 Å². The summed E-state index contributed by atoms with van der Waals surface area (Å²) in [6.45, 7) is 0. The van der Waals surface area contributed by atoms with Crippen LogP contribution in [0.25, 0.3) is 21.3 Å². The fourth-order valence-electron chi connectivity index (χ4n) is 1.35. The lowest BCUT2D eigenvalue weighted by Gasteiger charge is -1.94. The van der Waals surface area contributed by atoms with Gasteiger partial charge in [-0.05, 0) is 11.6 Å². The van der Waals surface area contributed by atoms with Crippen molar-refractivity contribution in [2.75, 3.05) is 0 Å². The van der Waals surface area contributed by atoms with Crippen LogP contribution in [0.5, 0.6) is 0 Å². The monoisotopic (exact) mass is 222 g/mol. The molecule has 2 aromatic rings. The standard InChI is InChI=1S/C8H6N4O2S/c9-12-11-5-1-2-6-7(3-5)10-4-8(6)15(13)14/h1-4,10H,(H,13,14). The van der Waals surface area contributed by atoms with Gasteiger partial charge in [-0.3, -0.25) is 0 Å². The molecule has 2 N–H and O–H groups in total. The number of rotatable bonds is 2. The van der Waals surface area contributed by atoms with Gasteiger partial charge in [0.25, 0.3) is 0 Å². The highest BCUT2D eigenvalue weighted by molar-refractivity contribution is 7.79. The summed E-state index contributed by atoms with van der Waals surface area (Å²) in [4.78, 5) is 5.81. The van der Waals surface area contributed by atoms with Crippen LogP contribution in [0.4, 0.5) is 5.69 Å². The van der Waals surface area contributed by atoms with E-state index < -0.39 is 11.1 Å². The van der Waals surface area contributed by atoms with Crippen molar-refractivity contribution in [1.82, 2.24) is 4.98 Å². The first-order valence-electron chi connectivity index (χ1n) is 3.99. The molecular weight excluding hydrogens is 216 g/mol. The summed E-state index contributed by atoms with van der Waals surface area (Å²) >= 11 is -2.02. The van der Waals surface area contributed by atoms with Crippen molar-refractivity contribution in [3.8, 4) is 0 Å². The van der Waals surface area contributed by atoms with E-state index in [9.17, 15) is 4.21 Å². The number of hydrogen-bond acceptors (Lipinski definition) is 2. The fourth-order valence-corrected chi connectivity index (χ4v) is 1.87.